The highest BCUT2D eigenvalue weighted by Gasteiger charge is 2.24. The van der Waals surface area contributed by atoms with Crippen molar-refractivity contribution < 1.29 is 9.90 Å². The largest absolute Gasteiger partial charge is 0.503 e. The molecule has 5 rings (SSSR count). The van der Waals surface area contributed by atoms with Crippen molar-refractivity contribution in [2.24, 2.45) is 0 Å². The third kappa shape index (κ3) is 3.71. The number of nitrogens with one attached hydrogen (secondary N) is 2. The number of hydrogen-bond donors (Lipinski definition) is 4. The lowest BCUT2D eigenvalue weighted by Gasteiger charge is -2.15. The van der Waals surface area contributed by atoms with Crippen LogP contribution in [0.25, 0.3) is 22.2 Å². The third-order valence-corrected chi connectivity index (χ3v) is 6.63. The number of para-hydroxylation sites is 1. The molecule has 166 valence electrons. The van der Waals surface area contributed by atoms with Gasteiger partial charge in [-0.15, -0.1) is 0 Å². The molecule has 1 aromatic heterocycles. The summed E-state index contributed by atoms with van der Waals surface area (Å²) in [6.45, 7) is 0. The van der Waals surface area contributed by atoms with E-state index in [9.17, 15) is 14.7 Å². The first kappa shape index (κ1) is 21.4. The number of benzene rings is 3. The molecule has 33 heavy (non-hydrogen) atoms. The number of nitrogen functional groups attached to an aromatic ring is 1. The Morgan fingerprint density at radius 1 is 1.03 bits per heavy atom. The minimum atomic E-state index is -0.606. The predicted molar refractivity (Wildman–Crippen MR) is 131 cm³/mol. The Hall–Kier alpha value is -3.48. The summed E-state index contributed by atoms with van der Waals surface area (Å²) in [6.07, 6.45) is 1.50. The van der Waals surface area contributed by atoms with E-state index in [4.69, 9.17) is 28.9 Å². The fraction of sp³-hybridized carbons (Fsp3) is 0.120. The summed E-state index contributed by atoms with van der Waals surface area (Å²) in [7, 11) is 0. The van der Waals surface area contributed by atoms with E-state index in [2.05, 4.69) is 22.4 Å². The molecule has 1 aliphatic rings. The molecule has 0 atom stereocenters. The van der Waals surface area contributed by atoms with E-state index in [1.54, 1.807) is 18.2 Å². The number of halogens is 2. The van der Waals surface area contributed by atoms with Gasteiger partial charge in [0.2, 0.25) is 5.43 Å². The van der Waals surface area contributed by atoms with Gasteiger partial charge in [-0.1, -0.05) is 53.5 Å². The number of aromatic nitrogens is 1. The van der Waals surface area contributed by atoms with Crippen molar-refractivity contribution in [3.8, 4) is 17.0 Å². The van der Waals surface area contributed by atoms with Crippen LogP contribution in [0.5, 0.6) is 5.75 Å². The number of rotatable bonds is 3. The smallest absolute Gasteiger partial charge is 0.253 e. The predicted octanol–water partition coefficient (Wildman–Crippen LogP) is 4.69. The van der Waals surface area contributed by atoms with Crippen LogP contribution in [0.4, 0.5) is 5.69 Å². The zero-order valence-corrected chi connectivity index (χ0v) is 18.8. The van der Waals surface area contributed by atoms with Gasteiger partial charge in [0.05, 0.1) is 37.9 Å². The van der Waals surface area contributed by atoms with Crippen LogP contribution in [0, 0.1) is 0 Å². The normalized spacial score (nSPS) is 13.3. The SMILES string of the molecule is Nc1c(Cl)cc(-c2[nH]c3c(C(=O)NC4Cc5ccccc5C4)cccc3c(=O)c2O)cc1Cl. The minimum Gasteiger partial charge on any atom is -0.503 e. The number of nitrogens with two attached hydrogens (primary N) is 1. The molecule has 6 nitrogen and oxygen atoms in total. The van der Waals surface area contributed by atoms with Gasteiger partial charge in [-0.25, -0.2) is 0 Å². The second kappa shape index (κ2) is 8.14. The average molecular weight is 480 g/mol. The maximum absolute atomic E-state index is 13.2. The lowest BCUT2D eigenvalue weighted by molar-refractivity contribution is 0.0940. The van der Waals surface area contributed by atoms with E-state index >= 15 is 0 Å². The number of carbonyl (C=O) groups excluding carboxylic acids is 1. The van der Waals surface area contributed by atoms with E-state index in [1.165, 1.54) is 23.3 Å². The van der Waals surface area contributed by atoms with Gasteiger partial charge in [-0.3, -0.25) is 9.59 Å². The molecule has 0 unspecified atom stereocenters. The van der Waals surface area contributed by atoms with Crippen LogP contribution in [-0.2, 0) is 12.8 Å². The van der Waals surface area contributed by atoms with Gasteiger partial charge in [0.1, 0.15) is 0 Å². The van der Waals surface area contributed by atoms with Gasteiger partial charge in [0.15, 0.2) is 5.75 Å². The van der Waals surface area contributed by atoms with Crippen molar-refractivity contribution in [3.63, 3.8) is 0 Å². The van der Waals surface area contributed by atoms with Crippen molar-refractivity contribution in [1.82, 2.24) is 10.3 Å². The van der Waals surface area contributed by atoms with Crippen LogP contribution in [-0.4, -0.2) is 22.0 Å². The van der Waals surface area contributed by atoms with E-state index in [-0.39, 0.29) is 38.8 Å². The molecule has 4 aromatic rings. The summed E-state index contributed by atoms with van der Waals surface area (Å²) < 4.78 is 0. The van der Waals surface area contributed by atoms with E-state index in [0.29, 0.717) is 16.6 Å². The van der Waals surface area contributed by atoms with Crippen molar-refractivity contribution >= 4 is 45.7 Å². The number of carbonyl (C=O) groups is 1. The molecule has 0 saturated heterocycles. The zero-order chi connectivity index (χ0) is 23.3. The van der Waals surface area contributed by atoms with Gasteiger partial charge in [0, 0.05) is 11.6 Å². The lowest BCUT2D eigenvalue weighted by atomic mass is 10.0. The van der Waals surface area contributed by atoms with Crippen molar-refractivity contribution in [1.29, 1.82) is 0 Å². The average Bonchev–Trinajstić information content (AvgIpc) is 3.21. The van der Waals surface area contributed by atoms with Crippen LogP contribution in [0.3, 0.4) is 0 Å². The molecule has 1 amide bonds. The molecule has 1 aliphatic carbocycles. The van der Waals surface area contributed by atoms with Crippen molar-refractivity contribution in [3.05, 3.63) is 91.6 Å². The maximum Gasteiger partial charge on any atom is 0.253 e. The van der Waals surface area contributed by atoms with Crippen molar-refractivity contribution in [2.75, 3.05) is 5.73 Å². The molecule has 0 saturated carbocycles. The van der Waals surface area contributed by atoms with Crippen LogP contribution in [0.15, 0.2) is 59.4 Å². The Kier molecular flexibility index (Phi) is 5.27. The number of anilines is 1. The van der Waals surface area contributed by atoms with E-state index < -0.39 is 11.2 Å². The lowest BCUT2D eigenvalue weighted by Crippen LogP contribution is -2.35. The van der Waals surface area contributed by atoms with Gasteiger partial charge in [0.25, 0.3) is 5.91 Å². The van der Waals surface area contributed by atoms with Gasteiger partial charge >= 0.3 is 0 Å². The molecule has 0 aliphatic heterocycles. The fourth-order valence-electron chi connectivity index (χ4n) is 4.35. The van der Waals surface area contributed by atoms with Crippen molar-refractivity contribution in [2.45, 2.75) is 18.9 Å². The number of H-pyrrole nitrogens is 1. The molecule has 1 heterocycles. The first-order valence-corrected chi connectivity index (χ1v) is 11.1. The molecule has 8 heteroatoms. The van der Waals surface area contributed by atoms with Gasteiger partial charge in [-0.05, 0) is 48.2 Å². The highest BCUT2D eigenvalue weighted by molar-refractivity contribution is 6.39. The topological polar surface area (TPSA) is 108 Å². The first-order valence-electron chi connectivity index (χ1n) is 10.3. The second-order valence-corrected chi connectivity index (χ2v) is 8.92. The van der Waals surface area contributed by atoms with Crippen LogP contribution >= 0.6 is 23.2 Å². The summed E-state index contributed by atoms with van der Waals surface area (Å²) in [5, 5.41) is 14.2. The highest BCUT2D eigenvalue weighted by Crippen LogP contribution is 2.36. The Morgan fingerprint density at radius 3 is 2.30 bits per heavy atom. The van der Waals surface area contributed by atoms with Gasteiger partial charge in [-0.2, -0.15) is 0 Å². The number of hydrogen-bond acceptors (Lipinski definition) is 4. The standard InChI is InChI=1S/C25H19Cl2N3O3/c26-18-10-14(11-19(27)20(18)28)21-24(32)23(31)16-6-3-7-17(22(16)30-21)25(33)29-15-8-12-4-1-2-5-13(12)9-15/h1-7,10-11,15,32H,8-9,28H2,(H,29,33)(H,30,31). The monoisotopic (exact) mass is 479 g/mol. The van der Waals surface area contributed by atoms with Crippen LogP contribution < -0.4 is 16.5 Å². The minimum absolute atomic E-state index is 0.0387. The molecule has 5 N–H and O–H groups in total. The molecule has 0 radical (unpaired) electrons. The third-order valence-electron chi connectivity index (χ3n) is 6.01. The van der Waals surface area contributed by atoms with E-state index in [1.807, 2.05) is 12.1 Å². The van der Waals surface area contributed by atoms with Gasteiger partial charge < -0.3 is 21.1 Å². The Morgan fingerprint density at radius 2 is 1.67 bits per heavy atom. The summed E-state index contributed by atoms with van der Waals surface area (Å²) in [5.74, 6) is -0.803. The molecular formula is C25H19Cl2N3O3. The number of aromatic amines is 1. The Labute approximate surface area is 199 Å². The van der Waals surface area contributed by atoms with Crippen LogP contribution in [0.1, 0.15) is 21.5 Å². The summed E-state index contributed by atoms with van der Waals surface area (Å²) in [5.41, 5.74) is 8.93. The number of pyridine rings is 1. The molecule has 3 aromatic carbocycles. The molecular weight excluding hydrogens is 461 g/mol. The Bertz CT molecular complexity index is 1450. The second-order valence-electron chi connectivity index (χ2n) is 8.11. The number of fused-ring (bicyclic) bond motifs is 2. The molecule has 0 bridgehead atoms. The summed E-state index contributed by atoms with van der Waals surface area (Å²) >= 11 is 12.3. The van der Waals surface area contributed by atoms with Crippen LogP contribution in [0.2, 0.25) is 10.0 Å². The number of amides is 1. The fourth-order valence-corrected chi connectivity index (χ4v) is 4.84. The summed E-state index contributed by atoms with van der Waals surface area (Å²) in [4.78, 5) is 29.2. The van der Waals surface area contributed by atoms with E-state index in [0.717, 1.165) is 12.8 Å². The molecule has 0 fully saturated rings. The quantitative estimate of drug-likeness (QED) is 0.319. The number of aromatic hydroxyl groups is 1. The Balaban J connectivity index is 1.57. The molecule has 0 spiro atoms. The highest BCUT2D eigenvalue weighted by atomic mass is 35.5. The zero-order valence-electron chi connectivity index (χ0n) is 17.3. The summed E-state index contributed by atoms with van der Waals surface area (Å²) in [6, 6.07) is 15.9. The maximum atomic E-state index is 13.2. The first-order chi connectivity index (χ1) is 15.8.